The molecule has 21 heavy (non-hydrogen) atoms. The van der Waals surface area contributed by atoms with E-state index in [0.29, 0.717) is 24.8 Å². The van der Waals surface area contributed by atoms with E-state index in [1.807, 2.05) is 0 Å². The molecule has 6 heteroatoms. The molecule has 0 atom stereocenters. The Bertz CT molecular complexity index is 479. The van der Waals surface area contributed by atoms with Gasteiger partial charge in [0.15, 0.2) is 0 Å². The van der Waals surface area contributed by atoms with Crippen molar-refractivity contribution < 1.29 is 9.53 Å². The van der Waals surface area contributed by atoms with E-state index in [9.17, 15) is 4.79 Å². The van der Waals surface area contributed by atoms with Crippen LogP contribution in [0.1, 0.15) is 48.9 Å². The second kappa shape index (κ2) is 8.71. The molecule has 1 heterocycles. The topological polar surface area (TPSA) is 51.2 Å². The first-order valence-electron chi connectivity index (χ1n) is 7.37. The summed E-state index contributed by atoms with van der Waals surface area (Å²) in [5.74, 6) is -0.202. The summed E-state index contributed by atoms with van der Waals surface area (Å²) in [6.45, 7) is 1.27. The van der Waals surface area contributed by atoms with E-state index in [1.165, 1.54) is 32.1 Å². The van der Waals surface area contributed by atoms with Crippen LogP contribution in [0, 0.1) is 0 Å². The van der Waals surface area contributed by atoms with Crippen molar-refractivity contribution in [3.8, 4) is 0 Å². The third-order valence-corrected chi connectivity index (χ3v) is 4.30. The second-order valence-electron chi connectivity index (χ2n) is 5.23. The highest BCUT2D eigenvalue weighted by atomic mass is 79.9. The summed E-state index contributed by atoms with van der Waals surface area (Å²) in [5.41, 5.74) is 0.388. The van der Waals surface area contributed by atoms with E-state index in [-0.39, 0.29) is 11.1 Å². The fraction of sp³-hybridized carbons (Fsp3) is 0.600. The van der Waals surface area contributed by atoms with Crippen molar-refractivity contribution in [1.82, 2.24) is 10.3 Å². The van der Waals surface area contributed by atoms with Crippen LogP contribution >= 0.6 is 27.5 Å². The molecule has 0 radical (unpaired) electrons. The monoisotopic (exact) mass is 374 g/mol. The molecule has 4 nitrogen and oxygen atoms in total. The van der Waals surface area contributed by atoms with Crippen LogP contribution in [0.2, 0.25) is 5.15 Å². The minimum atomic E-state index is -0.202. The van der Waals surface area contributed by atoms with Crippen LogP contribution in [-0.4, -0.2) is 30.1 Å². The number of halogens is 2. The molecule has 2 rings (SSSR count). The lowest BCUT2D eigenvalue weighted by Crippen LogP contribution is -2.26. The Labute approximate surface area is 138 Å². The molecule has 1 saturated carbocycles. The number of carbonyl (C=O) groups excluding carboxylic acids is 1. The smallest absolute Gasteiger partial charge is 0.254 e. The lowest BCUT2D eigenvalue weighted by atomic mass is 9.98. The van der Waals surface area contributed by atoms with Crippen molar-refractivity contribution in [3.63, 3.8) is 0 Å². The molecular weight excluding hydrogens is 356 g/mol. The highest BCUT2D eigenvalue weighted by Crippen LogP contribution is 2.20. The first-order chi connectivity index (χ1) is 10.2. The van der Waals surface area contributed by atoms with Crippen LogP contribution < -0.4 is 5.32 Å². The van der Waals surface area contributed by atoms with Gasteiger partial charge in [-0.25, -0.2) is 4.98 Å². The van der Waals surface area contributed by atoms with E-state index >= 15 is 0 Å². The van der Waals surface area contributed by atoms with Crippen molar-refractivity contribution in [3.05, 3.63) is 27.5 Å². The molecule has 0 saturated heterocycles. The number of hydrogen-bond acceptors (Lipinski definition) is 3. The predicted molar refractivity (Wildman–Crippen MR) is 86.7 cm³/mol. The van der Waals surface area contributed by atoms with Crippen molar-refractivity contribution >= 4 is 33.4 Å². The Morgan fingerprint density at radius 2 is 2.19 bits per heavy atom. The van der Waals surface area contributed by atoms with Crippen molar-refractivity contribution in [1.29, 1.82) is 0 Å². The number of hydrogen-bond donors (Lipinski definition) is 1. The average molecular weight is 376 g/mol. The maximum absolute atomic E-state index is 12.0. The summed E-state index contributed by atoms with van der Waals surface area (Å²) >= 11 is 9.20. The largest absolute Gasteiger partial charge is 0.378 e. The maximum atomic E-state index is 12.0. The van der Waals surface area contributed by atoms with Gasteiger partial charge in [0.05, 0.1) is 11.7 Å². The SMILES string of the molecule is O=C(NCCCOC1CCCCC1)c1cc(Br)cnc1Cl. The van der Waals surface area contributed by atoms with Crippen LogP contribution in [0.5, 0.6) is 0 Å². The Hall–Kier alpha value is -0.650. The maximum Gasteiger partial charge on any atom is 0.254 e. The molecule has 1 aromatic rings. The van der Waals surface area contributed by atoms with E-state index < -0.39 is 0 Å². The number of amides is 1. The third kappa shape index (κ3) is 5.57. The molecule has 1 aliphatic rings. The number of pyridine rings is 1. The highest BCUT2D eigenvalue weighted by molar-refractivity contribution is 9.10. The van der Waals surface area contributed by atoms with Gasteiger partial charge in [0.2, 0.25) is 0 Å². The first-order valence-corrected chi connectivity index (χ1v) is 8.55. The van der Waals surface area contributed by atoms with Crippen LogP contribution in [0.15, 0.2) is 16.7 Å². The van der Waals surface area contributed by atoms with Crippen LogP contribution in [0.25, 0.3) is 0 Å². The predicted octanol–water partition coefficient (Wildman–Crippen LogP) is 3.97. The van der Waals surface area contributed by atoms with Gasteiger partial charge in [0.25, 0.3) is 5.91 Å². The average Bonchev–Trinajstić information content (AvgIpc) is 2.50. The summed E-state index contributed by atoms with van der Waals surface area (Å²) in [7, 11) is 0. The molecule has 1 aliphatic carbocycles. The Morgan fingerprint density at radius 1 is 1.43 bits per heavy atom. The van der Waals surface area contributed by atoms with Gasteiger partial charge in [-0.1, -0.05) is 30.9 Å². The Morgan fingerprint density at radius 3 is 2.95 bits per heavy atom. The molecule has 0 unspecified atom stereocenters. The van der Waals surface area contributed by atoms with Gasteiger partial charge >= 0.3 is 0 Å². The summed E-state index contributed by atoms with van der Waals surface area (Å²) in [5, 5.41) is 3.06. The fourth-order valence-electron chi connectivity index (χ4n) is 2.43. The van der Waals surface area contributed by atoms with Crippen LogP contribution in [0.3, 0.4) is 0 Å². The van der Waals surface area contributed by atoms with E-state index in [2.05, 4.69) is 26.2 Å². The summed E-state index contributed by atoms with van der Waals surface area (Å²) in [6.07, 6.45) is 9.01. The standard InChI is InChI=1S/C15H20BrClN2O2/c16-11-9-13(14(17)19-10-11)15(20)18-7-4-8-21-12-5-2-1-3-6-12/h9-10,12H,1-8H2,(H,18,20). The van der Waals surface area contributed by atoms with Gasteiger partial charge in [-0.15, -0.1) is 0 Å². The van der Waals surface area contributed by atoms with Gasteiger partial charge in [0, 0.05) is 23.8 Å². The van der Waals surface area contributed by atoms with Gasteiger partial charge in [-0.05, 0) is 41.3 Å². The van der Waals surface area contributed by atoms with Gasteiger partial charge in [-0.2, -0.15) is 0 Å². The molecule has 0 aromatic carbocycles. The summed E-state index contributed by atoms with van der Waals surface area (Å²) in [4.78, 5) is 15.9. The molecule has 0 aliphatic heterocycles. The second-order valence-corrected chi connectivity index (χ2v) is 6.51. The molecule has 116 valence electrons. The minimum Gasteiger partial charge on any atom is -0.378 e. The Balaban J connectivity index is 1.66. The molecule has 1 fully saturated rings. The van der Waals surface area contributed by atoms with E-state index in [4.69, 9.17) is 16.3 Å². The van der Waals surface area contributed by atoms with Crippen molar-refractivity contribution in [2.24, 2.45) is 0 Å². The third-order valence-electron chi connectivity index (χ3n) is 3.56. The van der Waals surface area contributed by atoms with E-state index in [1.54, 1.807) is 12.3 Å². The quantitative estimate of drug-likeness (QED) is 0.604. The first kappa shape index (κ1) is 16.7. The van der Waals surface area contributed by atoms with Crippen LogP contribution in [-0.2, 0) is 4.74 Å². The molecule has 1 aromatic heterocycles. The summed E-state index contributed by atoms with van der Waals surface area (Å²) < 4.78 is 6.55. The van der Waals surface area contributed by atoms with Crippen LogP contribution in [0.4, 0.5) is 0 Å². The number of rotatable bonds is 6. The van der Waals surface area contributed by atoms with Gasteiger partial charge in [0.1, 0.15) is 5.15 Å². The van der Waals surface area contributed by atoms with Gasteiger partial charge < -0.3 is 10.1 Å². The molecule has 0 bridgehead atoms. The molecule has 1 amide bonds. The van der Waals surface area contributed by atoms with Gasteiger partial charge in [-0.3, -0.25) is 4.79 Å². The molecule has 1 N–H and O–H groups in total. The zero-order valence-electron chi connectivity index (χ0n) is 11.9. The van der Waals surface area contributed by atoms with Crippen molar-refractivity contribution in [2.75, 3.05) is 13.2 Å². The summed E-state index contributed by atoms with van der Waals surface area (Å²) in [6, 6.07) is 1.67. The highest BCUT2D eigenvalue weighted by Gasteiger charge is 2.14. The van der Waals surface area contributed by atoms with E-state index in [0.717, 1.165) is 10.9 Å². The zero-order chi connectivity index (χ0) is 15.1. The zero-order valence-corrected chi connectivity index (χ0v) is 14.3. The molecular formula is C15H20BrClN2O2. The lowest BCUT2D eigenvalue weighted by molar-refractivity contribution is 0.0273. The number of aromatic nitrogens is 1. The fourth-order valence-corrected chi connectivity index (χ4v) is 2.95. The Kier molecular flexibility index (Phi) is 6.93. The number of nitrogens with zero attached hydrogens (tertiary/aromatic N) is 1. The number of carbonyl (C=O) groups is 1. The normalized spacial score (nSPS) is 15.9. The number of nitrogens with one attached hydrogen (secondary N) is 1. The number of ether oxygens (including phenoxy) is 1. The lowest BCUT2D eigenvalue weighted by Gasteiger charge is -2.21. The van der Waals surface area contributed by atoms with Crippen molar-refractivity contribution in [2.45, 2.75) is 44.6 Å². The molecule has 0 spiro atoms. The minimum absolute atomic E-state index is 0.202.